The molecule has 2 nitrogen and oxygen atoms in total. The molecule has 1 aromatic rings. The van der Waals surface area contributed by atoms with Crippen molar-refractivity contribution in [2.75, 3.05) is 0 Å². The van der Waals surface area contributed by atoms with Crippen LogP contribution in [0, 0.1) is 6.07 Å². The van der Waals surface area contributed by atoms with Gasteiger partial charge in [-0.1, -0.05) is 13.8 Å². The Bertz CT molecular complexity index is 233. The fraction of sp³-hybridized carbons (Fsp3) is 0.333. The number of aromatic hydroxyl groups is 2. The fourth-order valence-corrected chi connectivity index (χ4v) is 1.06. The van der Waals surface area contributed by atoms with Crippen molar-refractivity contribution in [3.05, 3.63) is 23.8 Å². The van der Waals surface area contributed by atoms with Crippen molar-refractivity contribution in [2.24, 2.45) is 0 Å². The van der Waals surface area contributed by atoms with Crippen LogP contribution in [0.1, 0.15) is 25.3 Å². The third-order valence-corrected chi connectivity index (χ3v) is 1.57. The van der Waals surface area contributed by atoms with E-state index in [1.807, 2.05) is 13.8 Å². The molecule has 0 saturated carbocycles. The number of phenols is 2. The van der Waals surface area contributed by atoms with Gasteiger partial charge in [0.15, 0.2) is 0 Å². The van der Waals surface area contributed by atoms with Crippen LogP contribution in [0.25, 0.3) is 0 Å². The molecule has 0 aliphatic carbocycles. The van der Waals surface area contributed by atoms with Crippen molar-refractivity contribution in [3.8, 4) is 11.5 Å². The summed E-state index contributed by atoms with van der Waals surface area (Å²) in [7, 11) is 0. The van der Waals surface area contributed by atoms with Gasteiger partial charge < -0.3 is 10.2 Å². The van der Waals surface area contributed by atoms with Crippen LogP contribution in [-0.4, -0.2) is 10.2 Å². The highest BCUT2D eigenvalue weighted by Gasteiger charge is 2.09. The molecule has 0 bridgehead atoms. The zero-order valence-electron chi connectivity index (χ0n) is 6.63. The van der Waals surface area contributed by atoms with Gasteiger partial charge in [0, 0.05) is 11.6 Å². The van der Waals surface area contributed by atoms with Crippen LogP contribution in [0.4, 0.5) is 0 Å². The number of benzene rings is 1. The van der Waals surface area contributed by atoms with Gasteiger partial charge in [-0.3, -0.25) is 0 Å². The molecule has 0 unspecified atom stereocenters. The summed E-state index contributed by atoms with van der Waals surface area (Å²) in [6, 6.07) is 5.64. The maximum absolute atomic E-state index is 9.28. The highest BCUT2D eigenvalue weighted by molar-refractivity contribution is 5.44. The summed E-state index contributed by atoms with van der Waals surface area (Å²) in [5, 5.41) is 18.5. The second kappa shape index (κ2) is 2.82. The zero-order chi connectivity index (χ0) is 8.43. The van der Waals surface area contributed by atoms with Gasteiger partial charge in [0.05, 0.1) is 0 Å². The monoisotopic (exact) mass is 151 g/mol. The van der Waals surface area contributed by atoms with Crippen LogP contribution in [-0.2, 0) is 0 Å². The molecular weight excluding hydrogens is 140 g/mol. The molecule has 0 amide bonds. The second-order valence-electron chi connectivity index (χ2n) is 2.78. The van der Waals surface area contributed by atoms with E-state index in [-0.39, 0.29) is 17.4 Å². The minimum atomic E-state index is 0.0417. The van der Waals surface area contributed by atoms with E-state index in [0.717, 1.165) is 0 Å². The van der Waals surface area contributed by atoms with Gasteiger partial charge >= 0.3 is 0 Å². The summed E-state index contributed by atoms with van der Waals surface area (Å²) in [5.74, 6) is 0.295. The molecule has 1 radical (unpaired) electrons. The summed E-state index contributed by atoms with van der Waals surface area (Å²) < 4.78 is 0. The average molecular weight is 151 g/mol. The number of rotatable bonds is 1. The first-order valence-corrected chi connectivity index (χ1v) is 3.55. The Morgan fingerprint density at radius 2 is 2.00 bits per heavy atom. The highest BCUT2D eigenvalue weighted by Crippen LogP contribution is 2.32. The van der Waals surface area contributed by atoms with Crippen molar-refractivity contribution < 1.29 is 10.2 Å². The van der Waals surface area contributed by atoms with Crippen molar-refractivity contribution >= 4 is 0 Å². The fourth-order valence-electron chi connectivity index (χ4n) is 1.06. The van der Waals surface area contributed by atoms with Gasteiger partial charge in [-0.15, -0.1) is 0 Å². The zero-order valence-corrected chi connectivity index (χ0v) is 6.63. The number of hydrogen-bond donors (Lipinski definition) is 2. The minimum Gasteiger partial charge on any atom is -0.508 e. The summed E-state index contributed by atoms with van der Waals surface area (Å²) in [6.07, 6.45) is 0. The molecule has 0 fully saturated rings. The van der Waals surface area contributed by atoms with Gasteiger partial charge in [-0.05, 0) is 18.1 Å². The van der Waals surface area contributed by atoms with Gasteiger partial charge in [0.1, 0.15) is 11.5 Å². The van der Waals surface area contributed by atoms with Crippen LogP contribution in [0.3, 0.4) is 0 Å². The maximum Gasteiger partial charge on any atom is 0.130 e. The van der Waals surface area contributed by atoms with E-state index in [2.05, 4.69) is 6.07 Å². The molecule has 0 aliphatic rings. The van der Waals surface area contributed by atoms with E-state index in [1.54, 1.807) is 0 Å². The van der Waals surface area contributed by atoms with Crippen LogP contribution >= 0.6 is 0 Å². The van der Waals surface area contributed by atoms with Crippen molar-refractivity contribution in [3.63, 3.8) is 0 Å². The lowest BCUT2D eigenvalue weighted by Gasteiger charge is -2.08. The Morgan fingerprint density at radius 1 is 1.36 bits per heavy atom. The van der Waals surface area contributed by atoms with Gasteiger partial charge in [-0.25, -0.2) is 0 Å². The number of phenolic OH excluding ortho intramolecular Hbond substituents is 2. The first-order chi connectivity index (χ1) is 5.13. The molecule has 59 valence electrons. The molecule has 0 heterocycles. The summed E-state index contributed by atoms with van der Waals surface area (Å²) >= 11 is 0. The van der Waals surface area contributed by atoms with E-state index in [9.17, 15) is 10.2 Å². The topological polar surface area (TPSA) is 40.5 Å². The van der Waals surface area contributed by atoms with Crippen molar-refractivity contribution in [1.29, 1.82) is 0 Å². The van der Waals surface area contributed by atoms with E-state index >= 15 is 0 Å². The van der Waals surface area contributed by atoms with E-state index in [0.29, 0.717) is 5.56 Å². The smallest absolute Gasteiger partial charge is 0.130 e. The summed E-state index contributed by atoms with van der Waals surface area (Å²) in [4.78, 5) is 0. The third-order valence-electron chi connectivity index (χ3n) is 1.57. The Balaban J connectivity index is 3.21. The molecule has 1 aromatic carbocycles. The summed E-state index contributed by atoms with van der Waals surface area (Å²) in [5.41, 5.74) is 0.563. The molecule has 2 heteroatoms. The average Bonchev–Trinajstić information content (AvgIpc) is 1.85. The van der Waals surface area contributed by atoms with E-state index in [4.69, 9.17) is 0 Å². The molecule has 0 aliphatic heterocycles. The van der Waals surface area contributed by atoms with Crippen LogP contribution in [0.2, 0.25) is 0 Å². The van der Waals surface area contributed by atoms with Crippen molar-refractivity contribution in [1.82, 2.24) is 0 Å². The second-order valence-corrected chi connectivity index (χ2v) is 2.78. The lowest BCUT2D eigenvalue weighted by Crippen LogP contribution is -1.88. The van der Waals surface area contributed by atoms with Crippen molar-refractivity contribution in [2.45, 2.75) is 19.8 Å². The minimum absolute atomic E-state index is 0.0417. The lowest BCUT2D eigenvalue weighted by molar-refractivity contribution is 0.432. The van der Waals surface area contributed by atoms with E-state index in [1.165, 1.54) is 12.1 Å². The van der Waals surface area contributed by atoms with E-state index < -0.39 is 0 Å². The van der Waals surface area contributed by atoms with Crippen LogP contribution in [0.15, 0.2) is 12.1 Å². The largest absolute Gasteiger partial charge is 0.508 e. The molecule has 0 spiro atoms. The highest BCUT2D eigenvalue weighted by atomic mass is 16.3. The Morgan fingerprint density at radius 3 is 2.36 bits per heavy atom. The first-order valence-electron chi connectivity index (χ1n) is 3.55. The lowest BCUT2D eigenvalue weighted by atomic mass is 10.0. The normalized spacial score (nSPS) is 10.5. The third kappa shape index (κ3) is 1.45. The van der Waals surface area contributed by atoms with Crippen LogP contribution < -0.4 is 0 Å². The molecular formula is C9H11O2. The molecule has 0 saturated heterocycles. The Labute approximate surface area is 66.1 Å². The molecule has 1 rings (SSSR count). The maximum atomic E-state index is 9.28. The predicted octanol–water partition coefficient (Wildman–Crippen LogP) is 2.02. The quantitative estimate of drug-likeness (QED) is 0.644. The Hall–Kier alpha value is -1.18. The predicted molar refractivity (Wildman–Crippen MR) is 42.7 cm³/mol. The SMILES string of the molecule is CC(C)c1c(O)[c]ccc1O. The van der Waals surface area contributed by atoms with Gasteiger partial charge in [-0.2, -0.15) is 0 Å². The van der Waals surface area contributed by atoms with Crippen LogP contribution in [0.5, 0.6) is 11.5 Å². The van der Waals surface area contributed by atoms with Gasteiger partial charge in [0.25, 0.3) is 0 Å². The molecule has 0 atom stereocenters. The molecule has 0 aromatic heterocycles. The summed E-state index contributed by atoms with van der Waals surface area (Å²) in [6.45, 7) is 3.81. The molecule has 2 N–H and O–H groups in total. The first kappa shape index (κ1) is 7.92. The van der Waals surface area contributed by atoms with Gasteiger partial charge in [0.2, 0.25) is 0 Å². The standard InChI is InChI=1S/C9H11O2/c1-6(2)9-7(10)4-3-5-8(9)11/h3-4,6,10-11H,1-2H3. The molecule has 11 heavy (non-hydrogen) atoms. The number of hydrogen-bond acceptors (Lipinski definition) is 2. The Kier molecular flexibility index (Phi) is 2.03.